The van der Waals surface area contributed by atoms with Crippen molar-refractivity contribution in [2.45, 2.75) is 71.9 Å². The summed E-state index contributed by atoms with van der Waals surface area (Å²) in [5, 5.41) is 0. The molecule has 0 amide bonds. The monoisotopic (exact) mass is 297 g/mol. The van der Waals surface area contributed by atoms with Crippen molar-refractivity contribution in [1.82, 2.24) is 9.80 Å². The molecule has 1 aliphatic carbocycles. The Kier molecular flexibility index (Phi) is 6.70. The van der Waals surface area contributed by atoms with Gasteiger partial charge in [-0.2, -0.15) is 0 Å². The molecular formula is C18H39N3. The van der Waals surface area contributed by atoms with Gasteiger partial charge in [0.25, 0.3) is 0 Å². The zero-order valence-corrected chi connectivity index (χ0v) is 15.6. The molecule has 21 heavy (non-hydrogen) atoms. The minimum Gasteiger partial charge on any atom is -0.329 e. The number of nitrogens with two attached hydrogens (primary N) is 1. The van der Waals surface area contributed by atoms with Crippen LogP contribution in [0.5, 0.6) is 0 Å². The van der Waals surface area contributed by atoms with Gasteiger partial charge in [0.15, 0.2) is 0 Å². The lowest BCUT2D eigenvalue weighted by Crippen LogP contribution is -2.60. The van der Waals surface area contributed by atoms with E-state index in [4.69, 9.17) is 5.73 Å². The van der Waals surface area contributed by atoms with Crippen LogP contribution in [0.2, 0.25) is 0 Å². The highest BCUT2D eigenvalue weighted by Gasteiger charge is 2.42. The molecule has 0 aromatic rings. The van der Waals surface area contributed by atoms with E-state index in [9.17, 15) is 0 Å². The van der Waals surface area contributed by atoms with Crippen LogP contribution in [0.3, 0.4) is 0 Å². The number of likely N-dealkylation sites (N-methyl/N-ethyl adjacent to an activating group) is 2. The first-order valence-electron chi connectivity index (χ1n) is 8.78. The third kappa shape index (κ3) is 4.67. The zero-order valence-electron chi connectivity index (χ0n) is 15.6. The number of hydrogen-bond donors (Lipinski definition) is 1. The largest absolute Gasteiger partial charge is 0.329 e. The third-order valence-electron chi connectivity index (χ3n) is 5.63. The quantitative estimate of drug-likeness (QED) is 0.817. The standard InChI is InChI=1S/C18H39N3/c1-8-21(15(2)13-20(6)7)18(14-19)11-9-16(10-12-18)17(3,4)5/h15-16H,8-14,19H2,1-7H3. The molecule has 0 spiro atoms. The van der Waals surface area contributed by atoms with Gasteiger partial charge in [0.05, 0.1) is 0 Å². The molecule has 1 aliphatic rings. The molecule has 2 N–H and O–H groups in total. The second-order valence-electron chi connectivity index (χ2n) is 8.47. The lowest BCUT2D eigenvalue weighted by atomic mass is 9.66. The summed E-state index contributed by atoms with van der Waals surface area (Å²) in [5.41, 5.74) is 6.95. The predicted molar refractivity (Wildman–Crippen MR) is 93.6 cm³/mol. The van der Waals surface area contributed by atoms with Crippen LogP contribution in [-0.4, -0.2) is 55.1 Å². The number of hydrogen-bond acceptors (Lipinski definition) is 3. The van der Waals surface area contributed by atoms with Gasteiger partial charge in [-0.1, -0.05) is 27.7 Å². The minimum absolute atomic E-state index is 0.228. The van der Waals surface area contributed by atoms with Crippen molar-refractivity contribution in [2.75, 3.05) is 33.7 Å². The fraction of sp³-hybridized carbons (Fsp3) is 1.00. The molecule has 3 nitrogen and oxygen atoms in total. The first-order valence-corrected chi connectivity index (χ1v) is 8.78. The maximum Gasteiger partial charge on any atom is 0.0335 e. The lowest BCUT2D eigenvalue weighted by molar-refractivity contribution is -0.00515. The predicted octanol–water partition coefficient (Wildman–Crippen LogP) is 3.19. The molecule has 126 valence electrons. The van der Waals surface area contributed by atoms with Gasteiger partial charge in [0, 0.05) is 24.7 Å². The van der Waals surface area contributed by atoms with Crippen LogP contribution in [0.25, 0.3) is 0 Å². The van der Waals surface area contributed by atoms with Crippen molar-refractivity contribution in [2.24, 2.45) is 17.1 Å². The molecule has 3 heteroatoms. The molecule has 1 fully saturated rings. The summed E-state index contributed by atoms with van der Waals surface area (Å²) >= 11 is 0. The Morgan fingerprint density at radius 3 is 2.05 bits per heavy atom. The van der Waals surface area contributed by atoms with Crippen molar-refractivity contribution >= 4 is 0 Å². The van der Waals surface area contributed by atoms with Crippen molar-refractivity contribution < 1.29 is 0 Å². The van der Waals surface area contributed by atoms with E-state index in [2.05, 4.69) is 58.5 Å². The van der Waals surface area contributed by atoms with Crippen LogP contribution < -0.4 is 5.73 Å². The van der Waals surface area contributed by atoms with Crippen molar-refractivity contribution in [3.63, 3.8) is 0 Å². The van der Waals surface area contributed by atoms with E-state index in [-0.39, 0.29) is 5.54 Å². The van der Waals surface area contributed by atoms with Crippen LogP contribution >= 0.6 is 0 Å². The van der Waals surface area contributed by atoms with E-state index in [1.54, 1.807) is 0 Å². The zero-order chi connectivity index (χ0) is 16.3. The fourth-order valence-corrected chi connectivity index (χ4v) is 4.37. The highest BCUT2D eigenvalue weighted by molar-refractivity contribution is 4.99. The van der Waals surface area contributed by atoms with E-state index < -0.39 is 0 Å². The maximum absolute atomic E-state index is 6.28. The molecule has 0 heterocycles. The summed E-state index contributed by atoms with van der Waals surface area (Å²) in [6, 6.07) is 0.569. The van der Waals surface area contributed by atoms with Gasteiger partial charge in [-0.3, -0.25) is 4.90 Å². The highest BCUT2D eigenvalue weighted by atomic mass is 15.3. The van der Waals surface area contributed by atoms with Crippen molar-refractivity contribution in [3.8, 4) is 0 Å². The molecule has 0 aromatic heterocycles. The first-order chi connectivity index (χ1) is 9.66. The minimum atomic E-state index is 0.228. The van der Waals surface area contributed by atoms with Gasteiger partial charge in [-0.15, -0.1) is 0 Å². The van der Waals surface area contributed by atoms with Gasteiger partial charge in [-0.25, -0.2) is 0 Å². The van der Waals surface area contributed by atoms with Gasteiger partial charge >= 0.3 is 0 Å². The smallest absolute Gasteiger partial charge is 0.0335 e. The molecule has 1 atom stereocenters. The molecule has 0 bridgehead atoms. The van der Waals surface area contributed by atoms with E-state index in [0.29, 0.717) is 11.5 Å². The fourth-order valence-electron chi connectivity index (χ4n) is 4.37. The summed E-state index contributed by atoms with van der Waals surface area (Å²) in [6.07, 6.45) is 5.17. The average Bonchev–Trinajstić information content (AvgIpc) is 2.38. The van der Waals surface area contributed by atoms with Crippen LogP contribution in [0.1, 0.15) is 60.3 Å². The topological polar surface area (TPSA) is 32.5 Å². The van der Waals surface area contributed by atoms with Gasteiger partial charge < -0.3 is 10.6 Å². The van der Waals surface area contributed by atoms with Crippen molar-refractivity contribution in [1.29, 1.82) is 0 Å². The Balaban J connectivity index is 2.80. The molecule has 0 saturated heterocycles. The highest BCUT2D eigenvalue weighted by Crippen LogP contribution is 2.43. The SMILES string of the molecule is CCN(C(C)CN(C)C)C1(CN)CCC(C(C)(C)C)CC1. The van der Waals surface area contributed by atoms with Gasteiger partial charge in [0.1, 0.15) is 0 Å². The summed E-state index contributed by atoms with van der Waals surface area (Å²) in [6.45, 7) is 14.8. The second-order valence-corrected chi connectivity index (χ2v) is 8.47. The third-order valence-corrected chi connectivity index (χ3v) is 5.63. The van der Waals surface area contributed by atoms with Gasteiger partial charge in [-0.05, 0) is 64.6 Å². The summed E-state index contributed by atoms with van der Waals surface area (Å²) < 4.78 is 0. The molecule has 0 aliphatic heterocycles. The molecule has 1 unspecified atom stereocenters. The van der Waals surface area contributed by atoms with Crippen molar-refractivity contribution in [3.05, 3.63) is 0 Å². The second kappa shape index (κ2) is 7.43. The molecule has 1 rings (SSSR count). The van der Waals surface area contributed by atoms with Crippen LogP contribution in [-0.2, 0) is 0 Å². The van der Waals surface area contributed by atoms with Crippen LogP contribution in [0.15, 0.2) is 0 Å². The maximum atomic E-state index is 6.28. The average molecular weight is 298 g/mol. The van der Waals surface area contributed by atoms with E-state index in [1.807, 2.05) is 0 Å². The Morgan fingerprint density at radius 2 is 1.71 bits per heavy atom. The van der Waals surface area contributed by atoms with Crippen LogP contribution in [0.4, 0.5) is 0 Å². The van der Waals surface area contributed by atoms with E-state index in [1.165, 1.54) is 25.7 Å². The molecule has 1 saturated carbocycles. The molecule has 0 aromatic carbocycles. The summed E-state index contributed by atoms with van der Waals surface area (Å²) in [4.78, 5) is 4.98. The molecular weight excluding hydrogens is 258 g/mol. The first kappa shape index (κ1) is 18.9. The Hall–Kier alpha value is -0.120. The van der Waals surface area contributed by atoms with E-state index >= 15 is 0 Å². The summed E-state index contributed by atoms with van der Waals surface area (Å²) in [5.74, 6) is 0.847. The Bertz CT molecular complexity index is 298. The summed E-state index contributed by atoms with van der Waals surface area (Å²) in [7, 11) is 4.33. The van der Waals surface area contributed by atoms with E-state index in [0.717, 1.165) is 25.6 Å². The molecule has 0 radical (unpaired) electrons. The Morgan fingerprint density at radius 1 is 1.19 bits per heavy atom. The number of rotatable bonds is 6. The lowest BCUT2D eigenvalue weighted by Gasteiger charge is -2.52. The normalized spacial score (nSPS) is 29.1. The Labute approximate surface area is 133 Å². The van der Waals surface area contributed by atoms with Gasteiger partial charge in [0.2, 0.25) is 0 Å². The number of nitrogens with zero attached hydrogens (tertiary/aromatic N) is 2. The van der Waals surface area contributed by atoms with Crippen LogP contribution in [0, 0.1) is 11.3 Å².